The van der Waals surface area contributed by atoms with Crippen molar-refractivity contribution in [3.05, 3.63) is 42.5 Å². The zero-order valence-electron chi connectivity index (χ0n) is 8.49. The topological polar surface area (TPSA) is 80.9 Å². The van der Waals surface area contributed by atoms with Crippen LogP contribution in [0.2, 0.25) is 0 Å². The van der Waals surface area contributed by atoms with Gasteiger partial charge in [0.15, 0.2) is 0 Å². The van der Waals surface area contributed by atoms with Crippen molar-refractivity contribution in [3.8, 4) is 0 Å². The summed E-state index contributed by atoms with van der Waals surface area (Å²) in [5.74, 6) is 0. The Morgan fingerprint density at radius 2 is 1.44 bits per heavy atom. The second-order valence-corrected chi connectivity index (χ2v) is 3.10. The third-order valence-electron chi connectivity index (χ3n) is 2.07. The minimum Gasteiger partial charge on any atom is -0.429 e. The Bertz CT molecular complexity index is 448. The molecule has 0 amide bonds. The molecule has 1 radical (unpaired) electrons. The summed E-state index contributed by atoms with van der Waals surface area (Å²) < 4.78 is 0. The van der Waals surface area contributed by atoms with E-state index in [1.165, 1.54) is 0 Å². The lowest BCUT2D eigenvalue weighted by Crippen LogP contribution is -2.29. The molecule has 0 aliphatic heterocycles. The number of hydrogen-bond acceptors (Lipinski definition) is 4. The number of benzene rings is 2. The van der Waals surface area contributed by atoms with Crippen LogP contribution in [-0.2, 0) is 0 Å². The maximum atomic E-state index is 8.94. The second-order valence-electron chi connectivity index (χ2n) is 3.10. The van der Waals surface area contributed by atoms with Crippen LogP contribution in [0.15, 0.2) is 42.5 Å². The molecule has 2 rings (SSSR count). The van der Waals surface area contributed by atoms with Crippen LogP contribution in [0.1, 0.15) is 0 Å². The van der Waals surface area contributed by atoms with Crippen LogP contribution in [0.4, 0.5) is 0 Å². The van der Waals surface area contributed by atoms with Gasteiger partial charge in [-0.05, 0) is 16.2 Å². The first-order valence-corrected chi connectivity index (χ1v) is 4.64. The van der Waals surface area contributed by atoms with E-state index in [4.69, 9.17) is 20.1 Å². The molecule has 16 heavy (non-hydrogen) atoms. The molecule has 0 spiro atoms. The molecule has 0 aromatic heterocycles. The number of fused-ring (bicyclic) bond motifs is 1. The average molecular weight is 217 g/mol. The van der Waals surface area contributed by atoms with Gasteiger partial charge in [0.1, 0.15) is 0 Å². The number of hydrogen-bond donors (Lipinski definition) is 4. The molecule has 0 heterocycles. The molecule has 0 bridgehead atoms. The van der Waals surface area contributed by atoms with Gasteiger partial charge in [0.2, 0.25) is 0 Å². The lowest BCUT2D eigenvalue weighted by atomic mass is 9.79. The highest BCUT2D eigenvalue weighted by atomic mass is 16.4. The smallest absolute Gasteiger partial charge is 0.429 e. The summed E-state index contributed by atoms with van der Waals surface area (Å²) in [6.45, 7) is 0. The Balaban J connectivity index is 0.000000386. The summed E-state index contributed by atoms with van der Waals surface area (Å²) in [5.41, 5.74) is 0.527. The molecule has 0 saturated heterocycles. The fourth-order valence-corrected chi connectivity index (χ4v) is 1.37. The summed E-state index contributed by atoms with van der Waals surface area (Å²) in [4.78, 5) is 0. The summed E-state index contributed by atoms with van der Waals surface area (Å²) in [6, 6.07) is 13.2. The quantitative estimate of drug-likeness (QED) is 0.463. The van der Waals surface area contributed by atoms with E-state index in [-0.39, 0.29) is 7.69 Å². The molecule has 0 fully saturated rings. The zero-order chi connectivity index (χ0) is 12.0. The Labute approximate surface area is 94.2 Å². The molecule has 4 N–H and O–H groups in total. The van der Waals surface area contributed by atoms with E-state index < -0.39 is 7.12 Å². The van der Waals surface area contributed by atoms with Crippen molar-refractivity contribution in [1.82, 2.24) is 0 Å². The summed E-state index contributed by atoms with van der Waals surface area (Å²) in [6.07, 6.45) is 0. The summed E-state index contributed by atoms with van der Waals surface area (Å²) in [7, 11) is -1.38. The van der Waals surface area contributed by atoms with Crippen molar-refractivity contribution in [1.29, 1.82) is 0 Å². The monoisotopic (exact) mass is 217 g/mol. The van der Waals surface area contributed by atoms with E-state index >= 15 is 0 Å². The molecule has 6 heteroatoms. The molecule has 0 atom stereocenters. The van der Waals surface area contributed by atoms with Crippen molar-refractivity contribution >= 4 is 31.0 Å². The Hall–Kier alpha value is -1.33. The van der Waals surface area contributed by atoms with Gasteiger partial charge in [-0.3, -0.25) is 0 Å². The zero-order valence-corrected chi connectivity index (χ0v) is 8.49. The van der Waals surface area contributed by atoms with Crippen molar-refractivity contribution in [2.45, 2.75) is 0 Å². The van der Waals surface area contributed by atoms with Crippen LogP contribution >= 0.6 is 0 Å². The molecule has 0 unspecified atom stereocenters. The van der Waals surface area contributed by atoms with Gasteiger partial charge in [0.05, 0.1) is 0 Å². The van der Waals surface area contributed by atoms with Gasteiger partial charge in [-0.1, -0.05) is 42.5 Å². The highest BCUT2D eigenvalue weighted by Crippen LogP contribution is 2.10. The van der Waals surface area contributed by atoms with Gasteiger partial charge in [-0.2, -0.15) is 0 Å². The van der Waals surface area contributed by atoms with Crippen molar-refractivity contribution < 1.29 is 20.1 Å². The summed E-state index contributed by atoms with van der Waals surface area (Å²) >= 11 is 0. The molecule has 2 aromatic rings. The molecule has 0 saturated carbocycles. The van der Waals surface area contributed by atoms with E-state index in [0.29, 0.717) is 5.46 Å². The van der Waals surface area contributed by atoms with Crippen molar-refractivity contribution in [2.75, 3.05) is 0 Å². The standard InChI is InChI=1S/C10H9BO2.BH2O2/c12-11(13)10-6-5-8-3-1-2-4-9(8)7-10;2-1-3/h1-7,12-13H;2-3H. The average Bonchev–Trinajstić information content (AvgIpc) is 2.29. The van der Waals surface area contributed by atoms with Crippen molar-refractivity contribution in [3.63, 3.8) is 0 Å². The lowest BCUT2D eigenvalue weighted by Gasteiger charge is -2.01. The maximum absolute atomic E-state index is 8.94. The van der Waals surface area contributed by atoms with E-state index in [1.807, 2.05) is 30.3 Å². The maximum Gasteiger partial charge on any atom is 0.488 e. The molecular weight excluding hydrogens is 206 g/mol. The lowest BCUT2D eigenvalue weighted by molar-refractivity contribution is 0.426. The largest absolute Gasteiger partial charge is 0.488 e. The minimum atomic E-state index is -1.38. The van der Waals surface area contributed by atoms with Crippen LogP contribution < -0.4 is 5.46 Å². The molecule has 4 nitrogen and oxygen atoms in total. The molecule has 0 aliphatic carbocycles. The van der Waals surface area contributed by atoms with Gasteiger partial charge < -0.3 is 20.1 Å². The van der Waals surface area contributed by atoms with Gasteiger partial charge >= 0.3 is 14.8 Å². The van der Waals surface area contributed by atoms with Gasteiger partial charge in [-0.15, -0.1) is 0 Å². The number of rotatable bonds is 1. The molecular formula is C10H11B2O4. The first kappa shape index (κ1) is 12.7. The van der Waals surface area contributed by atoms with E-state index in [9.17, 15) is 0 Å². The van der Waals surface area contributed by atoms with E-state index in [2.05, 4.69) is 0 Å². The van der Waals surface area contributed by atoms with Crippen LogP contribution in [0.25, 0.3) is 10.8 Å². The van der Waals surface area contributed by atoms with Gasteiger partial charge in [0.25, 0.3) is 0 Å². The second kappa shape index (κ2) is 6.30. The normalized spacial score (nSPS) is 9.25. The SMILES string of the molecule is OB(O)c1ccc2ccccc2c1.O[B]O. The summed E-state index contributed by atoms with van der Waals surface area (Å²) in [5, 5.41) is 34.0. The first-order valence-electron chi connectivity index (χ1n) is 4.64. The Morgan fingerprint density at radius 1 is 0.875 bits per heavy atom. The Kier molecular flexibility index (Phi) is 5.01. The first-order chi connectivity index (χ1) is 7.69. The molecule has 81 valence electrons. The van der Waals surface area contributed by atoms with Crippen LogP contribution in [-0.4, -0.2) is 34.9 Å². The fourth-order valence-electron chi connectivity index (χ4n) is 1.37. The van der Waals surface area contributed by atoms with Crippen LogP contribution in [0.5, 0.6) is 0 Å². The predicted molar refractivity (Wildman–Crippen MR) is 64.0 cm³/mol. The van der Waals surface area contributed by atoms with Gasteiger partial charge in [-0.25, -0.2) is 0 Å². The third kappa shape index (κ3) is 3.36. The van der Waals surface area contributed by atoms with E-state index in [1.54, 1.807) is 12.1 Å². The highest BCUT2D eigenvalue weighted by molar-refractivity contribution is 6.58. The molecule has 0 aliphatic rings. The van der Waals surface area contributed by atoms with Crippen LogP contribution in [0, 0.1) is 0 Å². The van der Waals surface area contributed by atoms with Crippen molar-refractivity contribution in [2.24, 2.45) is 0 Å². The predicted octanol–water partition coefficient (Wildman–Crippen LogP) is -0.975. The van der Waals surface area contributed by atoms with Gasteiger partial charge in [0, 0.05) is 0 Å². The fraction of sp³-hybridized carbons (Fsp3) is 0. The van der Waals surface area contributed by atoms with Crippen LogP contribution in [0.3, 0.4) is 0 Å². The van der Waals surface area contributed by atoms with E-state index in [0.717, 1.165) is 10.8 Å². The third-order valence-corrected chi connectivity index (χ3v) is 2.07. The molecule has 2 aromatic carbocycles. The minimum absolute atomic E-state index is 0. The Morgan fingerprint density at radius 3 is 2.00 bits per heavy atom. The highest BCUT2D eigenvalue weighted by Gasteiger charge is 2.09.